The number of rotatable bonds is 6. The third-order valence-electron chi connectivity index (χ3n) is 1.58. The highest BCUT2D eigenvalue weighted by Gasteiger charge is 2.24. The highest BCUT2D eigenvalue weighted by Crippen LogP contribution is 2.05. The average molecular weight is 254 g/mol. The van der Waals surface area contributed by atoms with Gasteiger partial charge in [0.2, 0.25) is 10.0 Å². The minimum atomic E-state index is -3.81. The summed E-state index contributed by atoms with van der Waals surface area (Å²) in [4.78, 5) is 0. The Balaban J connectivity index is 4.77. The maximum atomic E-state index is 11.5. The summed E-state index contributed by atoms with van der Waals surface area (Å²) in [6, 6.07) is 1.81. The molecule has 0 saturated carbocycles. The molecule has 0 unspecified atom stereocenters. The molecule has 0 aliphatic heterocycles. The average Bonchev–Trinajstić information content (AvgIpc) is 2.00. The highest BCUT2D eigenvalue weighted by atomic mass is 32.3. The van der Waals surface area contributed by atoms with Crippen LogP contribution >= 0.6 is 0 Å². The van der Waals surface area contributed by atoms with Crippen LogP contribution in [0, 0.1) is 11.3 Å². The summed E-state index contributed by atoms with van der Waals surface area (Å²) in [5.74, 6) is 0. The first-order chi connectivity index (χ1) is 6.73. The monoisotopic (exact) mass is 254 g/mol. The van der Waals surface area contributed by atoms with E-state index in [-0.39, 0.29) is 19.5 Å². The van der Waals surface area contributed by atoms with Crippen molar-refractivity contribution >= 4 is 19.9 Å². The van der Waals surface area contributed by atoms with Gasteiger partial charge in [0.1, 0.15) is 0 Å². The SMILES string of the molecule is CCN(CCC#N)S(=O)(=O)CS(C)(=O)=O. The van der Waals surface area contributed by atoms with Crippen LogP contribution in [-0.4, -0.2) is 45.6 Å². The van der Waals surface area contributed by atoms with Crippen molar-refractivity contribution in [3.05, 3.63) is 0 Å². The molecule has 0 aromatic heterocycles. The van der Waals surface area contributed by atoms with Gasteiger partial charge >= 0.3 is 0 Å². The maximum absolute atomic E-state index is 11.5. The van der Waals surface area contributed by atoms with Crippen LogP contribution < -0.4 is 0 Å². The second kappa shape index (κ2) is 5.44. The van der Waals surface area contributed by atoms with Gasteiger partial charge in [0.25, 0.3) is 0 Å². The number of sulfone groups is 1. The van der Waals surface area contributed by atoms with Crippen molar-refractivity contribution in [1.82, 2.24) is 4.31 Å². The molecule has 0 N–H and O–H groups in total. The summed E-state index contributed by atoms with van der Waals surface area (Å²) in [5, 5.41) is 7.42. The van der Waals surface area contributed by atoms with E-state index in [2.05, 4.69) is 0 Å². The number of hydrogen-bond donors (Lipinski definition) is 0. The van der Waals surface area contributed by atoms with Gasteiger partial charge in [0.15, 0.2) is 14.9 Å². The fourth-order valence-electron chi connectivity index (χ4n) is 1.01. The normalized spacial score (nSPS) is 12.7. The summed E-state index contributed by atoms with van der Waals surface area (Å²) >= 11 is 0. The summed E-state index contributed by atoms with van der Waals surface area (Å²) in [7, 11) is -7.38. The summed E-state index contributed by atoms with van der Waals surface area (Å²) < 4.78 is 45.8. The number of sulfonamides is 1. The van der Waals surface area contributed by atoms with E-state index in [1.165, 1.54) is 0 Å². The molecule has 6 nitrogen and oxygen atoms in total. The fourth-order valence-corrected chi connectivity index (χ4v) is 4.54. The van der Waals surface area contributed by atoms with Crippen molar-refractivity contribution in [1.29, 1.82) is 5.26 Å². The zero-order chi connectivity index (χ0) is 12.1. The van der Waals surface area contributed by atoms with Gasteiger partial charge in [0.05, 0.1) is 6.07 Å². The number of nitrogens with zero attached hydrogens (tertiary/aromatic N) is 2. The van der Waals surface area contributed by atoms with Gasteiger partial charge in [-0.3, -0.25) is 0 Å². The Bertz CT molecular complexity index is 432. The van der Waals surface area contributed by atoms with Gasteiger partial charge in [-0.2, -0.15) is 5.26 Å². The van der Waals surface area contributed by atoms with E-state index in [1.54, 1.807) is 6.92 Å². The lowest BCUT2D eigenvalue weighted by atomic mass is 10.5. The lowest BCUT2D eigenvalue weighted by Crippen LogP contribution is -2.35. The Morgan fingerprint density at radius 2 is 1.80 bits per heavy atom. The van der Waals surface area contributed by atoms with Gasteiger partial charge in [-0.05, 0) is 0 Å². The number of hydrogen-bond acceptors (Lipinski definition) is 5. The topological polar surface area (TPSA) is 95.3 Å². The second-order valence-corrected chi connectivity index (χ2v) is 7.53. The third-order valence-corrected chi connectivity index (χ3v) is 5.71. The second-order valence-electron chi connectivity index (χ2n) is 3.06. The van der Waals surface area contributed by atoms with E-state index in [1.807, 2.05) is 6.07 Å². The minimum absolute atomic E-state index is 0.0326. The smallest absolute Gasteiger partial charge is 0.228 e. The third kappa shape index (κ3) is 5.71. The molecule has 0 aromatic carbocycles. The number of nitriles is 1. The Labute approximate surface area is 90.5 Å². The van der Waals surface area contributed by atoms with Crippen molar-refractivity contribution in [2.75, 3.05) is 24.4 Å². The lowest BCUT2D eigenvalue weighted by molar-refractivity contribution is 0.438. The van der Waals surface area contributed by atoms with Gasteiger partial charge in [-0.1, -0.05) is 6.92 Å². The van der Waals surface area contributed by atoms with Gasteiger partial charge in [-0.15, -0.1) is 0 Å². The Kier molecular flexibility index (Phi) is 5.20. The van der Waals surface area contributed by atoms with Crippen LogP contribution in [0.1, 0.15) is 13.3 Å². The summed E-state index contributed by atoms with van der Waals surface area (Å²) in [6.45, 7) is 1.79. The molecule has 0 heterocycles. The molecule has 88 valence electrons. The molecule has 0 aromatic rings. The molecule has 0 aliphatic rings. The van der Waals surface area contributed by atoms with Crippen LogP contribution in [0.15, 0.2) is 0 Å². The summed E-state index contributed by atoms with van der Waals surface area (Å²) in [5.41, 5.74) is 0. The van der Waals surface area contributed by atoms with Crippen LogP contribution in [-0.2, 0) is 19.9 Å². The molecule has 0 saturated heterocycles. The highest BCUT2D eigenvalue weighted by molar-refractivity contribution is 8.06. The largest absolute Gasteiger partial charge is 0.228 e. The molecule has 0 bridgehead atoms. The molecule has 0 spiro atoms. The molecule has 0 radical (unpaired) electrons. The van der Waals surface area contributed by atoms with Crippen LogP contribution in [0.5, 0.6) is 0 Å². The molecule has 0 atom stereocenters. The van der Waals surface area contributed by atoms with Crippen molar-refractivity contribution in [3.8, 4) is 6.07 Å². The van der Waals surface area contributed by atoms with Crippen molar-refractivity contribution in [3.63, 3.8) is 0 Å². The molecule has 8 heteroatoms. The van der Waals surface area contributed by atoms with Crippen molar-refractivity contribution < 1.29 is 16.8 Å². The van der Waals surface area contributed by atoms with Crippen LogP contribution in [0.2, 0.25) is 0 Å². The molecule has 0 aliphatic carbocycles. The molecule has 0 fully saturated rings. The molecule has 0 rings (SSSR count). The zero-order valence-corrected chi connectivity index (χ0v) is 10.3. The van der Waals surface area contributed by atoms with Crippen LogP contribution in [0.4, 0.5) is 0 Å². The lowest BCUT2D eigenvalue weighted by Gasteiger charge is -2.18. The Morgan fingerprint density at radius 3 is 2.13 bits per heavy atom. The molecule has 0 amide bonds. The molecular formula is C7H14N2O4S2. The fraction of sp³-hybridized carbons (Fsp3) is 0.857. The van der Waals surface area contributed by atoms with Crippen molar-refractivity contribution in [2.24, 2.45) is 0 Å². The molecular weight excluding hydrogens is 240 g/mol. The standard InChI is InChI=1S/C7H14N2O4S2/c1-3-9(6-4-5-8)15(12,13)7-14(2,10)11/h3-4,6-7H2,1-2H3. The minimum Gasteiger partial charge on any atom is -0.228 e. The van der Waals surface area contributed by atoms with Gasteiger partial charge in [-0.25, -0.2) is 21.1 Å². The quantitative estimate of drug-likeness (QED) is 0.640. The van der Waals surface area contributed by atoms with Crippen molar-refractivity contribution in [2.45, 2.75) is 13.3 Å². The predicted molar refractivity (Wildman–Crippen MR) is 56.1 cm³/mol. The van der Waals surface area contributed by atoms with E-state index >= 15 is 0 Å². The van der Waals surface area contributed by atoms with E-state index < -0.39 is 24.9 Å². The van der Waals surface area contributed by atoms with Gasteiger partial charge < -0.3 is 0 Å². The predicted octanol–water partition coefficient (Wildman–Crippen LogP) is -0.446. The Morgan fingerprint density at radius 1 is 1.27 bits per heavy atom. The first kappa shape index (κ1) is 14.3. The Hall–Kier alpha value is -0.650. The van der Waals surface area contributed by atoms with Gasteiger partial charge in [0, 0.05) is 25.8 Å². The summed E-state index contributed by atoms with van der Waals surface area (Å²) in [6.07, 6.45) is 0.916. The van der Waals surface area contributed by atoms with E-state index in [9.17, 15) is 16.8 Å². The van der Waals surface area contributed by atoms with E-state index in [0.717, 1.165) is 10.6 Å². The first-order valence-electron chi connectivity index (χ1n) is 4.25. The zero-order valence-electron chi connectivity index (χ0n) is 8.67. The first-order valence-corrected chi connectivity index (χ1v) is 7.92. The van der Waals surface area contributed by atoms with Crippen LogP contribution in [0.25, 0.3) is 0 Å². The van der Waals surface area contributed by atoms with E-state index in [0.29, 0.717) is 0 Å². The van der Waals surface area contributed by atoms with Crippen LogP contribution in [0.3, 0.4) is 0 Å². The van der Waals surface area contributed by atoms with E-state index in [4.69, 9.17) is 5.26 Å². The molecule has 15 heavy (non-hydrogen) atoms. The maximum Gasteiger partial charge on any atom is 0.228 e.